The highest BCUT2D eigenvalue weighted by Crippen LogP contribution is 2.32. The van der Waals surface area contributed by atoms with Crippen molar-refractivity contribution >= 4 is 17.2 Å². The molecule has 4 nitrogen and oxygen atoms in total. The van der Waals surface area contributed by atoms with E-state index in [1.54, 1.807) is 17.5 Å². The van der Waals surface area contributed by atoms with Crippen molar-refractivity contribution in [2.45, 2.75) is 45.7 Å². The van der Waals surface area contributed by atoms with Crippen molar-refractivity contribution in [3.8, 4) is 0 Å². The van der Waals surface area contributed by atoms with Crippen LogP contribution in [0, 0.1) is 5.92 Å². The molecule has 0 radical (unpaired) electrons. The number of aryl methyl sites for hydroxylation is 1. The third-order valence-corrected chi connectivity index (χ3v) is 5.19. The summed E-state index contributed by atoms with van der Waals surface area (Å²) in [7, 11) is 0. The zero-order valence-electron chi connectivity index (χ0n) is 12.5. The van der Waals surface area contributed by atoms with Crippen molar-refractivity contribution in [1.82, 2.24) is 15.1 Å². The lowest BCUT2D eigenvalue weighted by atomic mass is 9.90. The molecular weight excluding hydrogens is 282 g/mol. The molecule has 21 heavy (non-hydrogen) atoms. The molecule has 2 aromatic rings. The molecule has 1 aliphatic rings. The molecule has 0 saturated carbocycles. The first-order chi connectivity index (χ1) is 10.1. The van der Waals surface area contributed by atoms with Gasteiger partial charge in [0, 0.05) is 23.3 Å². The van der Waals surface area contributed by atoms with Gasteiger partial charge in [-0.25, -0.2) is 0 Å². The second-order valence-electron chi connectivity index (χ2n) is 6.01. The molecule has 1 N–H and O–H groups in total. The van der Waals surface area contributed by atoms with Gasteiger partial charge in [0.1, 0.15) is 0 Å². The molecule has 0 unspecified atom stereocenters. The summed E-state index contributed by atoms with van der Waals surface area (Å²) < 4.78 is 1.84. The number of hydrogen-bond acceptors (Lipinski definition) is 3. The summed E-state index contributed by atoms with van der Waals surface area (Å²) in [5.41, 5.74) is 1.38. The fraction of sp³-hybridized carbons (Fsp3) is 0.500. The fourth-order valence-corrected chi connectivity index (χ4v) is 3.96. The Kier molecular flexibility index (Phi) is 4.10. The van der Waals surface area contributed by atoms with E-state index in [9.17, 15) is 4.79 Å². The van der Waals surface area contributed by atoms with Crippen LogP contribution in [0.15, 0.2) is 24.5 Å². The van der Waals surface area contributed by atoms with E-state index in [0.717, 1.165) is 23.6 Å². The number of thiophene rings is 1. The average molecular weight is 303 g/mol. The first-order valence-electron chi connectivity index (χ1n) is 7.51. The number of rotatable bonds is 4. The molecule has 0 fully saturated rings. The first kappa shape index (κ1) is 14.3. The van der Waals surface area contributed by atoms with E-state index in [1.807, 2.05) is 23.9 Å². The van der Waals surface area contributed by atoms with Crippen LogP contribution in [0.2, 0.25) is 0 Å². The van der Waals surface area contributed by atoms with Crippen molar-refractivity contribution < 1.29 is 4.79 Å². The number of carbonyl (C=O) groups is 1. The third kappa shape index (κ3) is 3.35. The van der Waals surface area contributed by atoms with Gasteiger partial charge in [-0.05, 0) is 49.8 Å². The maximum Gasteiger partial charge on any atom is 0.261 e. The van der Waals surface area contributed by atoms with Crippen molar-refractivity contribution in [1.29, 1.82) is 0 Å². The largest absolute Gasteiger partial charge is 0.347 e. The first-order valence-corrected chi connectivity index (χ1v) is 8.33. The number of hydrogen-bond donors (Lipinski definition) is 1. The maximum absolute atomic E-state index is 12.4. The van der Waals surface area contributed by atoms with Gasteiger partial charge in [0.05, 0.1) is 11.4 Å². The number of nitrogens with one attached hydrogen (secondary N) is 1. The minimum absolute atomic E-state index is 0.0432. The Morgan fingerprint density at radius 1 is 1.62 bits per heavy atom. The maximum atomic E-state index is 12.4. The van der Waals surface area contributed by atoms with Gasteiger partial charge in [0.15, 0.2) is 0 Å². The van der Waals surface area contributed by atoms with Crippen LogP contribution in [0.5, 0.6) is 0 Å². The number of fused-ring (bicyclic) bond motifs is 1. The Morgan fingerprint density at radius 2 is 2.48 bits per heavy atom. The van der Waals surface area contributed by atoms with Crippen molar-refractivity contribution in [3.05, 3.63) is 39.8 Å². The molecule has 2 atom stereocenters. The van der Waals surface area contributed by atoms with E-state index >= 15 is 0 Å². The smallest absolute Gasteiger partial charge is 0.261 e. The lowest BCUT2D eigenvalue weighted by Gasteiger charge is -2.16. The molecule has 1 amide bonds. The molecule has 1 aliphatic carbocycles. The van der Waals surface area contributed by atoms with Gasteiger partial charge < -0.3 is 5.32 Å². The van der Waals surface area contributed by atoms with Gasteiger partial charge in [-0.1, -0.05) is 6.92 Å². The van der Waals surface area contributed by atoms with E-state index in [4.69, 9.17) is 0 Å². The number of nitrogens with zero attached hydrogens (tertiary/aromatic N) is 2. The quantitative estimate of drug-likeness (QED) is 0.944. The summed E-state index contributed by atoms with van der Waals surface area (Å²) in [6.07, 6.45) is 7.14. The summed E-state index contributed by atoms with van der Waals surface area (Å²) in [5, 5.41) is 7.23. The topological polar surface area (TPSA) is 46.9 Å². The van der Waals surface area contributed by atoms with Crippen LogP contribution in [0.3, 0.4) is 0 Å². The van der Waals surface area contributed by atoms with Crippen LogP contribution in [0.1, 0.15) is 40.4 Å². The zero-order chi connectivity index (χ0) is 14.8. The second-order valence-corrected chi connectivity index (χ2v) is 7.15. The summed E-state index contributed by atoms with van der Waals surface area (Å²) in [6.45, 7) is 4.99. The van der Waals surface area contributed by atoms with E-state index in [0.29, 0.717) is 6.54 Å². The van der Waals surface area contributed by atoms with Gasteiger partial charge in [-0.2, -0.15) is 5.10 Å². The highest BCUT2D eigenvalue weighted by atomic mass is 32.1. The van der Waals surface area contributed by atoms with Gasteiger partial charge in [-0.15, -0.1) is 11.3 Å². The van der Waals surface area contributed by atoms with Gasteiger partial charge in [0.25, 0.3) is 5.91 Å². The van der Waals surface area contributed by atoms with Crippen LogP contribution in [0.4, 0.5) is 0 Å². The summed E-state index contributed by atoms with van der Waals surface area (Å²) in [4.78, 5) is 14.6. The van der Waals surface area contributed by atoms with E-state index < -0.39 is 0 Å². The number of aromatic nitrogens is 2. The van der Waals surface area contributed by atoms with Crippen LogP contribution in [-0.4, -0.2) is 21.7 Å². The highest BCUT2D eigenvalue weighted by molar-refractivity contribution is 7.14. The van der Waals surface area contributed by atoms with Crippen molar-refractivity contribution in [2.24, 2.45) is 5.92 Å². The number of carbonyl (C=O) groups excluding carboxylic acids is 1. The van der Waals surface area contributed by atoms with Crippen LogP contribution in [-0.2, 0) is 19.4 Å². The SMILES string of the molecule is C[C@@H]1CCc2sc(C(=O)N[C@H](C)Cn3cccn3)cc2C1. The molecule has 3 rings (SSSR count). The molecule has 0 aromatic carbocycles. The monoisotopic (exact) mass is 303 g/mol. The zero-order valence-corrected chi connectivity index (χ0v) is 13.3. The molecule has 0 bridgehead atoms. The molecule has 5 heteroatoms. The van der Waals surface area contributed by atoms with Gasteiger partial charge >= 0.3 is 0 Å². The minimum atomic E-state index is 0.0432. The highest BCUT2D eigenvalue weighted by Gasteiger charge is 2.21. The molecular formula is C16H21N3OS. The minimum Gasteiger partial charge on any atom is -0.347 e. The second kappa shape index (κ2) is 6.02. The molecule has 112 valence electrons. The Morgan fingerprint density at radius 3 is 3.24 bits per heavy atom. The van der Waals surface area contributed by atoms with Crippen molar-refractivity contribution in [3.63, 3.8) is 0 Å². The number of amides is 1. The molecule has 2 aromatic heterocycles. The predicted molar refractivity (Wildman–Crippen MR) is 84.7 cm³/mol. The van der Waals surface area contributed by atoms with E-state index in [1.165, 1.54) is 16.9 Å². The molecule has 0 spiro atoms. The van der Waals surface area contributed by atoms with Crippen LogP contribution in [0.25, 0.3) is 0 Å². The Labute approximate surface area is 129 Å². The Balaban J connectivity index is 1.63. The molecule has 2 heterocycles. The normalized spacial score (nSPS) is 19.0. The van der Waals surface area contributed by atoms with Crippen LogP contribution >= 0.6 is 11.3 Å². The Hall–Kier alpha value is -1.62. The summed E-state index contributed by atoms with van der Waals surface area (Å²) in [5.74, 6) is 0.781. The summed E-state index contributed by atoms with van der Waals surface area (Å²) >= 11 is 1.66. The Bertz CT molecular complexity index is 618. The predicted octanol–water partition coefficient (Wildman–Crippen LogP) is 2.89. The standard InChI is InChI=1S/C16H21N3OS/c1-11-4-5-14-13(8-11)9-15(21-14)16(20)18-12(2)10-19-7-3-6-17-19/h3,6-7,9,11-12H,4-5,8,10H2,1-2H3,(H,18,20)/t11-,12-/m1/s1. The van der Waals surface area contributed by atoms with Crippen molar-refractivity contribution in [2.75, 3.05) is 0 Å². The van der Waals surface area contributed by atoms with Crippen LogP contribution < -0.4 is 5.32 Å². The van der Waals surface area contributed by atoms with E-state index in [2.05, 4.69) is 23.4 Å². The summed E-state index contributed by atoms with van der Waals surface area (Å²) in [6, 6.07) is 4.05. The lowest BCUT2D eigenvalue weighted by Crippen LogP contribution is -2.35. The lowest BCUT2D eigenvalue weighted by molar-refractivity contribution is 0.0940. The van der Waals surface area contributed by atoms with E-state index in [-0.39, 0.29) is 11.9 Å². The molecule has 0 saturated heterocycles. The molecule has 0 aliphatic heterocycles. The van der Waals surface area contributed by atoms with Gasteiger partial charge in [0.2, 0.25) is 0 Å². The fourth-order valence-electron chi connectivity index (χ4n) is 2.85. The average Bonchev–Trinajstić information content (AvgIpc) is 3.06. The third-order valence-electron chi connectivity index (χ3n) is 3.95. The van der Waals surface area contributed by atoms with Gasteiger partial charge in [-0.3, -0.25) is 9.48 Å².